The summed E-state index contributed by atoms with van der Waals surface area (Å²) in [5, 5.41) is 8.90. The molecule has 1 aromatic heterocycles. The molecule has 0 bridgehead atoms. The Labute approximate surface area is 112 Å². The number of anilines is 1. The van der Waals surface area contributed by atoms with Crippen molar-refractivity contribution in [3.05, 3.63) is 47.7 Å². The minimum Gasteiger partial charge on any atom is -0.439 e. The van der Waals surface area contributed by atoms with Gasteiger partial charge in [0.25, 0.3) is 0 Å². The molecular weight excluding hydrogens is 238 g/mol. The summed E-state index contributed by atoms with van der Waals surface area (Å²) in [6, 6.07) is 13.0. The molecule has 2 N–H and O–H groups in total. The molecular formula is C15H15N3O. The zero-order valence-corrected chi connectivity index (χ0v) is 10.9. The van der Waals surface area contributed by atoms with Crippen LogP contribution in [-0.4, -0.2) is 4.98 Å². The highest BCUT2D eigenvalue weighted by molar-refractivity contribution is 5.51. The van der Waals surface area contributed by atoms with E-state index in [0.717, 1.165) is 11.3 Å². The lowest BCUT2D eigenvalue weighted by Crippen LogP contribution is -1.98. The molecule has 0 aliphatic rings. The molecule has 1 aromatic carbocycles. The Kier molecular flexibility index (Phi) is 3.67. The van der Waals surface area contributed by atoms with E-state index in [9.17, 15) is 0 Å². The number of nitrogen functional groups attached to an aromatic ring is 1. The lowest BCUT2D eigenvalue weighted by atomic mass is 10.0. The first-order valence-corrected chi connectivity index (χ1v) is 6.05. The molecule has 0 radical (unpaired) electrons. The molecule has 4 heteroatoms. The van der Waals surface area contributed by atoms with Crippen molar-refractivity contribution >= 4 is 5.69 Å². The van der Waals surface area contributed by atoms with E-state index in [2.05, 4.69) is 18.8 Å². The third-order valence-corrected chi connectivity index (χ3v) is 2.76. The van der Waals surface area contributed by atoms with Crippen molar-refractivity contribution in [1.29, 1.82) is 5.26 Å². The van der Waals surface area contributed by atoms with E-state index in [1.54, 1.807) is 12.1 Å². The van der Waals surface area contributed by atoms with Crippen LogP contribution in [0.5, 0.6) is 11.6 Å². The Morgan fingerprint density at radius 3 is 2.63 bits per heavy atom. The summed E-state index contributed by atoms with van der Waals surface area (Å²) >= 11 is 0. The van der Waals surface area contributed by atoms with Gasteiger partial charge in [0, 0.05) is 6.07 Å². The maximum Gasteiger partial charge on any atom is 0.220 e. The van der Waals surface area contributed by atoms with Crippen LogP contribution in [0.1, 0.15) is 31.0 Å². The molecule has 1 heterocycles. The summed E-state index contributed by atoms with van der Waals surface area (Å²) in [6.45, 7) is 4.19. The maximum atomic E-state index is 8.90. The number of ether oxygens (including phenoxy) is 1. The summed E-state index contributed by atoms with van der Waals surface area (Å²) in [5.74, 6) is 1.47. The van der Waals surface area contributed by atoms with E-state index >= 15 is 0 Å². The van der Waals surface area contributed by atoms with Gasteiger partial charge < -0.3 is 10.5 Å². The van der Waals surface area contributed by atoms with Crippen molar-refractivity contribution in [3.63, 3.8) is 0 Å². The molecule has 19 heavy (non-hydrogen) atoms. The van der Waals surface area contributed by atoms with E-state index in [4.69, 9.17) is 15.7 Å². The fraction of sp³-hybridized carbons (Fsp3) is 0.200. The molecule has 0 amide bonds. The van der Waals surface area contributed by atoms with Crippen LogP contribution in [-0.2, 0) is 0 Å². The molecule has 0 unspecified atom stereocenters. The quantitative estimate of drug-likeness (QED) is 0.909. The monoisotopic (exact) mass is 253 g/mol. The Bertz CT molecular complexity index is 630. The molecule has 0 aliphatic carbocycles. The second-order valence-corrected chi connectivity index (χ2v) is 4.49. The van der Waals surface area contributed by atoms with E-state index in [0.29, 0.717) is 17.5 Å². The molecule has 0 aliphatic heterocycles. The van der Waals surface area contributed by atoms with Crippen LogP contribution >= 0.6 is 0 Å². The standard InChI is InChI=1S/C15H15N3O/c1-10(2)11-5-3-4-6-14(11)19-15-8-7-12(17)13(9-16)18-15/h3-8,10H,17H2,1-2H3. The predicted molar refractivity (Wildman–Crippen MR) is 74.0 cm³/mol. The molecule has 0 saturated carbocycles. The first kappa shape index (κ1) is 12.9. The van der Waals surface area contributed by atoms with Crippen molar-refractivity contribution in [1.82, 2.24) is 4.98 Å². The van der Waals surface area contributed by atoms with Crippen LogP contribution in [0.2, 0.25) is 0 Å². The van der Waals surface area contributed by atoms with Gasteiger partial charge in [-0.3, -0.25) is 0 Å². The fourth-order valence-electron chi connectivity index (χ4n) is 1.76. The molecule has 0 fully saturated rings. The Hall–Kier alpha value is -2.54. The van der Waals surface area contributed by atoms with Gasteiger partial charge in [-0.05, 0) is 23.6 Å². The Morgan fingerprint density at radius 1 is 1.21 bits per heavy atom. The number of pyridine rings is 1. The first-order chi connectivity index (χ1) is 9.11. The van der Waals surface area contributed by atoms with Gasteiger partial charge in [-0.15, -0.1) is 0 Å². The van der Waals surface area contributed by atoms with Crippen LogP contribution < -0.4 is 10.5 Å². The van der Waals surface area contributed by atoms with Gasteiger partial charge in [0.2, 0.25) is 5.88 Å². The lowest BCUT2D eigenvalue weighted by molar-refractivity contribution is 0.454. The molecule has 4 nitrogen and oxygen atoms in total. The molecule has 0 spiro atoms. The summed E-state index contributed by atoms with van der Waals surface area (Å²) in [4.78, 5) is 4.08. The number of nitrogens with two attached hydrogens (primary N) is 1. The zero-order valence-electron chi connectivity index (χ0n) is 10.9. The largest absolute Gasteiger partial charge is 0.439 e. The molecule has 2 aromatic rings. The van der Waals surface area contributed by atoms with Gasteiger partial charge in [0.15, 0.2) is 5.69 Å². The molecule has 0 atom stereocenters. The minimum atomic E-state index is 0.180. The van der Waals surface area contributed by atoms with Crippen LogP contribution in [0.3, 0.4) is 0 Å². The number of aromatic nitrogens is 1. The van der Waals surface area contributed by atoms with Crippen molar-refractivity contribution < 1.29 is 4.74 Å². The van der Waals surface area contributed by atoms with Crippen molar-refractivity contribution in [2.24, 2.45) is 0 Å². The SMILES string of the molecule is CC(C)c1ccccc1Oc1ccc(N)c(C#N)n1. The number of benzene rings is 1. The topological polar surface area (TPSA) is 71.9 Å². The number of hydrogen-bond acceptors (Lipinski definition) is 4. The van der Waals surface area contributed by atoms with E-state index in [1.807, 2.05) is 30.3 Å². The Balaban J connectivity index is 2.34. The highest BCUT2D eigenvalue weighted by Gasteiger charge is 2.09. The maximum absolute atomic E-state index is 8.90. The van der Waals surface area contributed by atoms with E-state index in [1.165, 1.54) is 0 Å². The van der Waals surface area contributed by atoms with Crippen LogP contribution in [0.4, 0.5) is 5.69 Å². The summed E-state index contributed by atoms with van der Waals surface area (Å²) in [7, 11) is 0. The number of nitriles is 1. The number of hydrogen-bond donors (Lipinski definition) is 1. The second-order valence-electron chi connectivity index (χ2n) is 4.49. The number of para-hydroxylation sites is 1. The predicted octanol–water partition coefficient (Wildman–Crippen LogP) is 3.45. The Morgan fingerprint density at radius 2 is 1.95 bits per heavy atom. The third kappa shape index (κ3) is 2.83. The molecule has 96 valence electrons. The minimum absolute atomic E-state index is 0.180. The van der Waals surface area contributed by atoms with Gasteiger partial charge in [-0.2, -0.15) is 5.26 Å². The highest BCUT2D eigenvalue weighted by atomic mass is 16.5. The van der Waals surface area contributed by atoms with Crippen molar-refractivity contribution in [3.8, 4) is 17.7 Å². The average molecular weight is 253 g/mol. The van der Waals surface area contributed by atoms with Gasteiger partial charge in [-0.25, -0.2) is 4.98 Å². The number of nitrogens with zero attached hydrogens (tertiary/aromatic N) is 2. The molecule has 2 rings (SSSR count). The fourth-order valence-corrected chi connectivity index (χ4v) is 1.76. The van der Waals surface area contributed by atoms with Crippen LogP contribution in [0, 0.1) is 11.3 Å². The smallest absolute Gasteiger partial charge is 0.220 e. The summed E-state index contributed by atoms with van der Waals surface area (Å²) < 4.78 is 5.75. The van der Waals surface area contributed by atoms with Crippen molar-refractivity contribution in [2.75, 3.05) is 5.73 Å². The summed E-state index contributed by atoms with van der Waals surface area (Å²) in [5.41, 5.74) is 7.26. The highest BCUT2D eigenvalue weighted by Crippen LogP contribution is 2.29. The van der Waals surface area contributed by atoms with Crippen LogP contribution in [0.15, 0.2) is 36.4 Å². The van der Waals surface area contributed by atoms with Gasteiger partial charge in [-0.1, -0.05) is 32.0 Å². The number of rotatable bonds is 3. The lowest BCUT2D eigenvalue weighted by Gasteiger charge is -2.13. The van der Waals surface area contributed by atoms with Gasteiger partial charge in [0.05, 0.1) is 5.69 Å². The normalized spacial score (nSPS) is 10.2. The zero-order chi connectivity index (χ0) is 13.8. The van der Waals surface area contributed by atoms with Gasteiger partial charge >= 0.3 is 0 Å². The summed E-state index contributed by atoms with van der Waals surface area (Å²) in [6.07, 6.45) is 0. The van der Waals surface area contributed by atoms with E-state index < -0.39 is 0 Å². The van der Waals surface area contributed by atoms with E-state index in [-0.39, 0.29) is 5.69 Å². The third-order valence-electron chi connectivity index (χ3n) is 2.76. The molecule has 0 saturated heterocycles. The second kappa shape index (κ2) is 5.40. The van der Waals surface area contributed by atoms with Crippen molar-refractivity contribution in [2.45, 2.75) is 19.8 Å². The first-order valence-electron chi connectivity index (χ1n) is 6.05. The van der Waals surface area contributed by atoms with Crippen LogP contribution in [0.25, 0.3) is 0 Å². The average Bonchev–Trinajstić information content (AvgIpc) is 2.41. The van der Waals surface area contributed by atoms with Gasteiger partial charge in [0.1, 0.15) is 11.8 Å².